The van der Waals surface area contributed by atoms with E-state index in [0.29, 0.717) is 6.04 Å². The molecule has 2 heteroatoms. The Morgan fingerprint density at radius 3 is 2.00 bits per heavy atom. The van der Waals surface area contributed by atoms with E-state index in [9.17, 15) is 0 Å². The van der Waals surface area contributed by atoms with E-state index in [-0.39, 0.29) is 6.04 Å². The molecule has 0 spiro atoms. The second kappa shape index (κ2) is 5.55. The molecule has 0 aromatic rings. The molecule has 1 unspecified atom stereocenters. The Balaban J connectivity index is 3.68. The summed E-state index contributed by atoms with van der Waals surface area (Å²) in [7, 11) is 2.15. The van der Waals surface area contributed by atoms with Gasteiger partial charge in [0.15, 0.2) is 0 Å². The van der Waals surface area contributed by atoms with Gasteiger partial charge in [0.2, 0.25) is 0 Å². The van der Waals surface area contributed by atoms with Gasteiger partial charge in [-0.1, -0.05) is 13.8 Å². The summed E-state index contributed by atoms with van der Waals surface area (Å²) in [4.78, 5) is 2.34. The van der Waals surface area contributed by atoms with Crippen LogP contribution in [0.1, 0.15) is 34.1 Å². The van der Waals surface area contributed by atoms with Crippen molar-refractivity contribution in [2.75, 3.05) is 13.6 Å². The largest absolute Gasteiger partial charge is 0.327 e. The van der Waals surface area contributed by atoms with Gasteiger partial charge in [0.25, 0.3) is 0 Å². The predicted octanol–water partition coefficient (Wildman–Crippen LogP) is 1.70. The van der Waals surface area contributed by atoms with Crippen LogP contribution in [0, 0.1) is 5.92 Å². The number of likely N-dealkylation sites (N-methyl/N-ethyl adjacent to an activating group) is 1. The summed E-state index contributed by atoms with van der Waals surface area (Å²) in [6.45, 7) is 9.83. The Hall–Kier alpha value is -0.0800. The van der Waals surface area contributed by atoms with Crippen molar-refractivity contribution in [3.05, 3.63) is 0 Å². The summed E-state index contributed by atoms with van der Waals surface area (Å²) in [6.07, 6.45) is 1.25. The summed E-state index contributed by atoms with van der Waals surface area (Å²) < 4.78 is 0. The SMILES string of the molecule is CC(C)CC(C)N(C)C[C@H](C)N. The number of nitrogens with zero attached hydrogens (tertiary/aromatic N) is 1. The number of hydrogen-bond donors (Lipinski definition) is 1. The van der Waals surface area contributed by atoms with E-state index in [1.807, 2.05) is 0 Å². The maximum absolute atomic E-state index is 5.72. The molecule has 0 aromatic heterocycles. The van der Waals surface area contributed by atoms with Crippen LogP contribution in [-0.2, 0) is 0 Å². The number of nitrogens with two attached hydrogens (primary N) is 1. The molecule has 0 aromatic carbocycles. The summed E-state index contributed by atoms with van der Waals surface area (Å²) in [6, 6.07) is 0.931. The molecular formula is C10H24N2. The average Bonchev–Trinajstić information content (AvgIpc) is 1.84. The van der Waals surface area contributed by atoms with Crippen LogP contribution in [0.4, 0.5) is 0 Å². The van der Waals surface area contributed by atoms with Crippen LogP contribution < -0.4 is 5.73 Å². The minimum atomic E-state index is 0.282. The lowest BCUT2D eigenvalue weighted by atomic mass is 10.0. The zero-order chi connectivity index (χ0) is 9.72. The first-order valence-corrected chi connectivity index (χ1v) is 4.89. The molecule has 0 fully saturated rings. The predicted molar refractivity (Wildman–Crippen MR) is 55.2 cm³/mol. The standard InChI is InChI=1S/C10H24N2/c1-8(2)6-10(4)12(5)7-9(3)11/h8-10H,6-7,11H2,1-5H3/t9-,10?/m0/s1. The van der Waals surface area contributed by atoms with Crippen LogP contribution in [0.15, 0.2) is 0 Å². The van der Waals surface area contributed by atoms with Crippen LogP contribution >= 0.6 is 0 Å². The third-order valence-corrected chi connectivity index (χ3v) is 2.14. The van der Waals surface area contributed by atoms with Crippen molar-refractivity contribution in [1.29, 1.82) is 0 Å². The minimum Gasteiger partial charge on any atom is -0.327 e. The quantitative estimate of drug-likeness (QED) is 0.684. The Labute approximate surface area is 77.1 Å². The zero-order valence-corrected chi connectivity index (χ0v) is 9.17. The minimum absolute atomic E-state index is 0.282. The lowest BCUT2D eigenvalue weighted by Crippen LogP contribution is -2.38. The zero-order valence-electron chi connectivity index (χ0n) is 9.17. The van der Waals surface area contributed by atoms with Crippen LogP contribution in [0.2, 0.25) is 0 Å². The first-order chi connectivity index (χ1) is 5.43. The molecule has 0 aliphatic carbocycles. The fourth-order valence-electron chi connectivity index (χ4n) is 1.50. The Morgan fingerprint density at radius 2 is 1.67 bits per heavy atom. The highest BCUT2D eigenvalue weighted by atomic mass is 15.1. The van der Waals surface area contributed by atoms with E-state index >= 15 is 0 Å². The fraction of sp³-hybridized carbons (Fsp3) is 1.00. The van der Waals surface area contributed by atoms with Gasteiger partial charge in [-0.2, -0.15) is 0 Å². The second-order valence-electron chi connectivity index (χ2n) is 4.40. The Bertz CT molecular complexity index is 96.4. The van der Waals surface area contributed by atoms with Crippen molar-refractivity contribution < 1.29 is 0 Å². The highest BCUT2D eigenvalue weighted by Crippen LogP contribution is 2.09. The van der Waals surface area contributed by atoms with Crippen LogP contribution in [0.5, 0.6) is 0 Å². The van der Waals surface area contributed by atoms with Gasteiger partial charge in [-0.05, 0) is 33.2 Å². The lowest BCUT2D eigenvalue weighted by molar-refractivity contribution is 0.219. The molecule has 0 rings (SSSR count). The third-order valence-electron chi connectivity index (χ3n) is 2.14. The van der Waals surface area contributed by atoms with Crippen LogP contribution in [0.3, 0.4) is 0 Å². The molecule has 0 saturated carbocycles. The van der Waals surface area contributed by atoms with E-state index in [2.05, 4.69) is 39.6 Å². The van der Waals surface area contributed by atoms with Crippen molar-refractivity contribution >= 4 is 0 Å². The fourth-order valence-corrected chi connectivity index (χ4v) is 1.50. The highest BCUT2D eigenvalue weighted by molar-refractivity contribution is 4.68. The van der Waals surface area contributed by atoms with Gasteiger partial charge < -0.3 is 10.6 Å². The molecule has 0 amide bonds. The van der Waals surface area contributed by atoms with E-state index in [1.165, 1.54) is 6.42 Å². The number of rotatable bonds is 5. The summed E-state index contributed by atoms with van der Waals surface area (Å²) in [5.74, 6) is 0.774. The number of hydrogen-bond acceptors (Lipinski definition) is 2. The van der Waals surface area contributed by atoms with Gasteiger partial charge in [0.1, 0.15) is 0 Å². The summed E-state index contributed by atoms with van der Waals surface area (Å²) in [5.41, 5.74) is 5.72. The molecule has 2 atom stereocenters. The maximum Gasteiger partial charge on any atom is 0.0139 e. The smallest absolute Gasteiger partial charge is 0.0139 e. The molecule has 0 bridgehead atoms. The van der Waals surface area contributed by atoms with E-state index in [1.54, 1.807) is 0 Å². The monoisotopic (exact) mass is 172 g/mol. The van der Waals surface area contributed by atoms with Crippen molar-refractivity contribution in [1.82, 2.24) is 4.90 Å². The molecule has 0 radical (unpaired) electrons. The molecule has 2 nitrogen and oxygen atoms in total. The molecule has 0 heterocycles. The van der Waals surface area contributed by atoms with E-state index in [0.717, 1.165) is 12.5 Å². The molecule has 2 N–H and O–H groups in total. The molecule has 0 aliphatic rings. The van der Waals surface area contributed by atoms with Gasteiger partial charge in [-0.3, -0.25) is 0 Å². The Morgan fingerprint density at radius 1 is 1.17 bits per heavy atom. The molecule has 0 saturated heterocycles. The first-order valence-electron chi connectivity index (χ1n) is 4.89. The average molecular weight is 172 g/mol. The Kier molecular flexibility index (Phi) is 5.51. The van der Waals surface area contributed by atoms with Gasteiger partial charge in [-0.25, -0.2) is 0 Å². The van der Waals surface area contributed by atoms with Crippen molar-refractivity contribution in [2.45, 2.75) is 46.2 Å². The maximum atomic E-state index is 5.72. The van der Waals surface area contributed by atoms with E-state index in [4.69, 9.17) is 5.73 Å². The van der Waals surface area contributed by atoms with Crippen molar-refractivity contribution in [3.8, 4) is 0 Å². The molecule has 74 valence electrons. The van der Waals surface area contributed by atoms with Gasteiger partial charge in [0.05, 0.1) is 0 Å². The molecule has 12 heavy (non-hydrogen) atoms. The van der Waals surface area contributed by atoms with Gasteiger partial charge in [0, 0.05) is 18.6 Å². The lowest BCUT2D eigenvalue weighted by Gasteiger charge is -2.27. The topological polar surface area (TPSA) is 29.3 Å². The summed E-state index contributed by atoms with van der Waals surface area (Å²) in [5, 5.41) is 0. The highest BCUT2D eigenvalue weighted by Gasteiger charge is 2.11. The normalized spacial score (nSPS) is 17.0. The summed E-state index contributed by atoms with van der Waals surface area (Å²) >= 11 is 0. The van der Waals surface area contributed by atoms with Crippen molar-refractivity contribution in [3.63, 3.8) is 0 Å². The second-order valence-corrected chi connectivity index (χ2v) is 4.40. The first kappa shape index (κ1) is 11.9. The molecule has 0 aliphatic heterocycles. The van der Waals surface area contributed by atoms with Gasteiger partial charge in [-0.15, -0.1) is 0 Å². The van der Waals surface area contributed by atoms with Crippen LogP contribution in [-0.4, -0.2) is 30.6 Å². The van der Waals surface area contributed by atoms with Crippen LogP contribution in [0.25, 0.3) is 0 Å². The molecular weight excluding hydrogens is 148 g/mol. The third kappa shape index (κ3) is 5.56. The van der Waals surface area contributed by atoms with Gasteiger partial charge >= 0.3 is 0 Å². The van der Waals surface area contributed by atoms with Crippen molar-refractivity contribution in [2.24, 2.45) is 11.7 Å². The van der Waals surface area contributed by atoms with E-state index < -0.39 is 0 Å².